The molecule has 5 aromatic rings. The third-order valence-corrected chi connectivity index (χ3v) is 6.49. The second kappa shape index (κ2) is 6.98. The molecule has 0 amide bonds. The molecule has 1 aliphatic rings. The second-order valence-electron chi connectivity index (χ2n) is 8.45. The van der Waals surface area contributed by atoms with E-state index >= 15 is 0 Å². The van der Waals surface area contributed by atoms with Gasteiger partial charge in [-0.15, -0.1) is 0 Å². The van der Waals surface area contributed by atoms with Crippen LogP contribution in [0.2, 0.25) is 0 Å². The fraction of sp³-hybridized carbons (Fsp3) is 0.231. The Morgan fingerprint density at radius 2 is 1.48 bits per heavy atom. The van der Waals surface area contributed by atoms with Gasteiger partial charge < -0.3 is 14.7 Å². The highest BCUT2D eigenvalue weighted by atomic mass is 16.3. The van der Waals surface area contributed by atoms with Gasteiger partial charge in [0.1, 0.15) is 0 Å². The van der Waals surface area contributed by atoms with Crippen LogP contribution < -0.4 is 16.2 Å². The highest BCUT2D eigenvalue weighted by molar-refractivity contribution is 6.14. The standard InChI is InChI=1S/C26H22N2O3/c29-25-16-10-4-5-11-17(16)26(30)23-22(25)19(27-15-8-2-1-3-9-15)14-21-24(23)28-18-12-6-7-13-20(18)31-21/h4-7,10-15,27-28H,1-3,8-9H2. The van der Waals surface area contributed by atoms with E-state index < -0.39 is 0 Å². The van der Waals surface area contributed by atoms with Gasteiger partial charge in [-0.25, -0.2) is 0 Å². The first kappa shape index (κ1) is 18.2. The van der Waals surface area contributed by atoms with Gasteiger partial charge in [0.05, 0.1) is 27.5 Å². The largest absolute Gasteiger partial charge is 0.453 e. The lowest BCUT2D eigenvalue weighted by Gasteiger charge is -2.24. The summed E-state index contributed by atoms with van der Waals surface area (Å²) in [6, 6.07) is 16.9. The molecule has 6 rings (SSSR count). The Bertz CT molecular complexity index is 1590. The molecule has 1 saturated carbocycles. The first-order valence-corrected chi connectivity index (χ1v) is 10.9. The maximum absolute atomic E-state index is 13.6. The van der Waals surface area contributed by atoms with Crippen molar-refractivity contribution in [2.45, 2.75) is 38.1 Å². The van der Waals surface area contributed by atoms with E-state index in [0.29, 0.717) is 50.0 Å². The minimum Gasteiger partial charge on any atom is -0.453 e. The third kappa shape index (κ3) is 2.84. The van der Waals surface area contributed by atoms with Gasteiger partial charge >= 0.3 is 0 Å². The molecule has 1 heterocycles. The van der Waals surface area contributed by atoms with E-state index in [2.05, 4.69) is 10.3 Å². The monoisotopic (exact) mass is 410 g/mol. The molecular formula is C26H22N2O3. The zero-order valence-corrected chi connectivity index (χ0v) is 17.0. The molecular weight excluding hydrogens is 388 g/mol. The number of rotatable bonds is 2. The minimum atomic E-state index is -0.149. The third-order valence-electron chi connectivity index (χ3n) is 6.49. The molecule has 0 saturated heterocycles. The maximum atomic E-state index is 13.6. The number of aromatic amines is 1. The number of H-pyrrole nitrogens is 1. The predicted molar refractivity (Wildman–Crippen MR) is 126 cm³/mol. The van der Waals surface area contributed by atoms with Crippen LogP contribution in [0, 0.1) is 0 Å². The summed E-state index contributed by atoms with van der Waals surface area (Å²) in [5.74, 6) is 0. The van der Waals surface area contributed by atoms with E-state index in [9.17, 15) is 9.59 Å². The van der Waals surface area contributed by atoms with Crippen LogP contribution in [0.1, 0.15) is 32.1 Å². The minimum absolute atomic E-state index is 0.119. The lowest BCUT2D eigenvalue weighted by atomic mass is 9.94. The second-order valence-corrected chi connectivity index (χ2v) is 8.45. The average molecular weight is 410 g/mol. The van der Waals surface area contributed by atoms with Gasteiger partial charge in [-0.1, -0.05) is 55.7 Å². The van der Waals surface area contributed by atoms with Gasteiger partial charge in [0, 0.05) is 22.9 Å². The molecule has 0 unspecified atom stereocenters. The number of nitrogens with one attached hydrogen (secondary N) is 2. The SMILES string of the molecule is O=c1c2ccccc2c(=O)c2c1c(NC1CCCCC1)cc1oc3ccccc3[nH]c12. The number of hydrogen-bond acceptors (Lipinski definition) is 4. The molecule has 154 valence electrons. The Kier molecular flexibility index (Phi) is 4.10. The normalized spacial score (nSPS) is 15.2. The van der Waals surface area contributed by atoms with Gasteiger partial charge in [0.2, 0.25) is 0 Å². The Labute approximate surface area is 177 Å². The zero-order chi connectivity index (χ0) is 20.9. The summed E-state index contributed by atoms with van der Waals surface area (Å²) in [7, 11) is 0. The summed E-state index contributed by atoms with van der Waals surface area (Å²) in [5.41, 5.74) is 3.04. The van der Waals surface area contributed by atoms with E-state index in [-0.39, 0.29) is 10.9 Å². The van der Waals surface area contributed by atoms with E-state index in [4.69, 9.17) is 4.42 Å². The van der Waals surface area contributed by atoms with Crippen molar-refractivity contribution in [1.82, 2.24) is 4.98 Å². The maximum Gasteiger partial charge on any atom is 0.196 e. The molecule has 0 bridgehead atoms. The summed E-state index contributed by atoms with van der Waals surface area (Å²) < 4.78 is 6.18. The Hall–Kier alpha value is -3.60. The van der Waals surface area contributed by atoms with Crippen LogP contribution in [0.15, 0.2) is 68.6 Å². The average Bonchev–Trinajstić information content (AvgIpc) is 2.81. The van der Waals surface area contributed by atoms with Crippen molar-refractivity contribution in [3.63, 3.8) is 0 Å². The molecule has 0 aliphatic heterocycles. The summed E-state index contributed by atoms with van der Waals surface area (Å²) in [4.78, 5) is 30.5. The van der Waals surface area contributed by atoms with Crippen molar-refractivity contribution in [2.75, 3.05) is 5.32 Å². The van der Waals surface area contributed by atoms with Crippen molar-refractivity contribution < 1.29 is 4.42 Å². The zero-order valence-electron chi connectivity index (χ0n) is 17.0. The lowest BCUT2D eigenvalue weighted by molar-refractivity contribution is 0.463. The van der Waals surface area contributed by atoms with Gasteiger partial charge in [-0.05, 0) is 25.0 Å². The van der Waals surface area contributed by atoms with E-state index in [1.54, 1.807) is 24.3 Å². The van der Waals surface area contributed by atoms with Crippen molar-refractivity contribution >= 4 is 49.4 Å². The Balaban J connectivity index is 1.77. The Morgan fingerprint density at radius 1 is 0.806 bits per heavy atom. The van der Waals surface area contributed by atoms with Crippen LogP contribution in [-0.2, 0) is 0 Å². The number of hydrogen-bond donors (Lipinski definition) is 2. The smallest absolute Gasteiger partial charge is 0.196 e. The molecule has 5 heteroatoms. The molecule has 1 fully saturated rings. The van der Waals surface area contributed by atoms with Crippen LogP contribution >= 0.6 is 0 Å². The molecule has 0 radical (unpaired) electrons. The van der Waals surface area contributed by atoms with Gasteiger partial charge in [-0.2, -0.15) is 0 Å². The molecule has 0 atom stereocenters. The summed E-state index contributed by atoms with van der Waals surface area (Å²) in [6.07, 6.45) is 5.71. The first-order valence-electron chi connectivity index (χ1n) is 10.9. The fourth-order valence-corrected chi connectivity index (χ4v) is 4.97. The number of fused-ring (bicyclic) bond motifs is 5. The summed E-state index contributed by atoms with van der Waals surface area (Å²) in [6.45, 7) is 0. The molecule has 0 spiro atoms. The summed E-state index contributed by atoms with van der Waals surface area (Å²) in [5, 5.41) is 5.33. The molecule has 1 aromatic heterocycles. The van der Waals surface area contributed by atoms with Gasteiger partial charge in [0.15, 0.2) is 22.0 Å². The predicted octanol–water partition coefficient (Wildman–Crippen LogP) is 5.69. The highest BCUT2D eigenvalue weighted by Gasteiger charge is 2.21. The van der Waals surface area contributed by atoms with Crippen molar-refractivity contribution in [1.29, 1.82) is 0 Å². The highest BCUT2D eigenvalue weighted by Crippen LogP contribution is 2.32. The van der Waals surface area contributed by atoms with Crippen molar-refractivity contribution in [2.24, 2.45) is 0 Å². The van der Waals surface area contributed by atoms with E-state index in [1.165, 1.54) is 19.3 Å². The number of anilines is 1. The van der Waals surface area contributed by atoms with Crippen LogP contribution in [0.3, 0.4) is 0 Å². The van der Waals surface area contributed by atoms with Gasteiger partial charge in [-0.3, -0.25) is 9.59 Å². The van der Waals surface area contributed by atoms with Crippen LogP contribution in [-0.4, -0.2) is 11.0 Å². The molecule has 31 heavy (non-hydrogen) atoms. The van der Waals surface area contributed by atoms with Gasteiger partial charge in [0.25, 0.3) is 0 Å². The molecule has 2 N–H and O–H groups in total. The lowest BCUT2D eigenvalue weighted by Crippen LogP contribution is -2.24. The Morgan fingerprint density at radius 3 is 2.26 bits per heavy atom. The topological polar surface area (TPSA) is 75.1 Å². The number of benzene rings is 4. The van der Waals surface area contributed by atoms with Crippen LogP contribution in [0.5, 0.6) is 0 Å². The van der Waals surface area contributed by atoms with E-state index in [1.807, 2.05) is 30.3 Å². The van der Waals surface area contributed by atoms with Crippen molar-refractivity contribution in [3.8, 4) is 0 Å². The molecule has 1 aliphatic carbocycles. The van der Waals surface area contributed by atoms with Crippen molar-refractivity contribution in [3.05, 3.63) is 75.0 Å². The van der Waals surface area contributed by atoms with Crippen LogP contribution in [0.25, 0.3) is 43.7 Å². The summed E-state index contributed by atoms with van der Waals surface area (Å²) >= 11 is 0. The van der Waals surface area contributed by atoms with Crippen LogP contribution in [0.4, 0.5) is 5.69 Å². The first-order chi connectivity index (χ1) is 15.2. The quantitative estimate of drug-likeness (QED) is 0.290. The number of para-hydroxylation sites is 2. The number of aromatic nitrogens is 1. The molecule has 4 aromatic carbocycles. The van der Waals surface area contributed by atoms with E-state index in [0.717, 1.165) is 18.4 Å². The fourth-order valence-electron chi connectivity index (χ4n) is 4.97. The molecule has 5 nitrogen and oxygen atoms in total.